The van der Waals surface area contributed by atoms with Crippen molar-refractivity contribution >= 4 is 5.97 Å². The Kier molecular flexibility index (Phi) is 3.70. The smallest absolute Gasteiger partial charge is 0.316 e. The van der Waals surface area contributed by atoms with Crippen LogP contribution >= 0.6 is 0 Å². The second kappa shape index (κ2) is 5.53. The Morgan fingerprint density at radius 1 is 1.55 bits per heavy atom. The molecule has 0 amide bonds. The minimum atomic E-state index is -0.858. The first-order valence-corrected chi connectivity index (χ1v) is 7.47. The summed E-state index contributed by atoms with van der Waals surface area (Å²) in [5.41, 5.74) is 5.41. The Labute approximate surface area is 129 Å². The molecule has 1 aliphatic rings. The normalized spacial score (nSPS) is 24.9. The number of carboxylic acids is 1. The van der Waals surface area contributed by atoms with E-state index in [0.29, 0.717) is 24.6 Å². The second-order valence-corrected chi connectivity index (χ2v) is 6.11. The molecule has 22 heavy (non-hydrogen) atoms. The Morgan fingerprint density at radius 3 is 3.00 bits per heavy atom. The molecule has 0 aliphatic heterocycles. The summed E-state index contributed by atoms with van der Waals surface area (Å²) in [6.45, 7) is 2.63. The van der Waals surface area contributed by atoms with Crippen LogP contribution in [0.1, 0.15) is 25.5 Å². The van der Waals surface area contributed by atoms with E-state index in [1.165, 1.54) is 0 Å². The van der Waals surface area contributed by atoms with Crippen molar-refractivity contribution in [2.24, 2.45) is 17.6 Å². The molecular formula is C16H20N4O2. The van der Waals surface area contributed by atoms with Gasteiger partial charge in [0.1, 0.15) is 17.6 Å². The lowest BCUT2D eigenvalue weighted by Crippen LogP contribution is -2.24. The molecule has 2 unspecified atom stereocenters. The van der Waals surface area contributed by atoms with Gasteiger partial charge in [-0.1, -0.05) is 13.0 Å². The number of aliphatic carboxylic acids is 1. The summed E-state index contributed by atoms with van der Waals surface area (Å²) in [6, 6.07) is 5.59. The van der Waals surface area contributed by atoms with Gasteiger partial charge in [-0.2, -0.15) is 0 Å². The van der Waals surface area contributed by atoms with E-state index >= 15 is 0 Å². The van der Waals surface area contributed by atoms with Crippen molar-refractivity contribution in [1.29, 1.82) is 0 Å². The van der Waals surface area contributed by atoms with Gasteiger partial charge in [-0.25, -0.2) is 9.97 Å². The molecule has 2 heterocycles. The maximum Gasteiger partial charge on any atom is 0.316 e. The molecule has 3 atom stereocenters. The van der Waals surface area contributed by atoms with Crippen LogP contribution in [-0.4, -0.2) is 32.2 Å². The van der Waals surface area contributed by atoms with E-state index in [2.05, 4.69) is 16.9 Å². The summed E-state index contributed by atoms with van der Waals surface area (Å²) < 4.78 is 1.77. The maximum absolute atomic E-state index is 11.8. The van der Waals surface area contributed by atoms with Crippen LogP contribution in [0.2, 0.25) is 0 Å². The molecule has 2 aromatic heterocycles. The third-order valence-electron chi connectivity index (χ3n) is 4.53. The van der Waals surface area contributed by atoms with E-state index in [4.69, 9.17) is 5.73 Å². The second-order valence-electron chi connectivity index (χ2n) is 6.11. The number of rotatable bonds is 6. The molecule has 2 aromatic rings. The van der Waals surface area contributed by atoms with Crippen LogP contribution in [0.5, 0.6) is 0 Å². The number of hydrogen-bond acceptors (Lipinski definition) is 4. The Morgan fingerprint density at radius 2 is 2.36 bits per heavy atom. The zero-order valence-corrected chi connectivity index (χ0v) is 12.5. The van der Waals surface area contributed by atoms with Crippen molar-refractivity contribution in [3.05, 3.63) is 42.6 Å². The van der Waals surface area contributed by atoms with Crippen LogP contribution in [0.25, 0.3) is 5.82 Å². The van der Waals surface area contributed by atoms with Crippen molar-refractivity contribution in [1.82, 2.24) is 14.5 Å². The first kappa shape index (κ1) is 14.7. The molecule has 6 heteroatoms. The van der Waals surface area contributed by atoms with E-state index in [9.17, 15) is 9.90 Å². The van der Waals surface area contributed by atoms with Gasteiger partial charge in [-0.15, -0.1) is 0 Å². The lowest BCUT2D eigenvalue weighted by molar-refractivity contribution is -0.140. The fourth-order valence-corrected chi connectivity index (χ4v) is 3.07. The summed E-state index contributed by atoms with van der Waals surface area (Å²) in [6.07, 6.45) is 6.56. The molecule has 6 nitrogen and oxygen atoms in total. The van der Waals surface area contributed by atoms with Gasteiger partial charge in [0, 0.05) is 12.4 Å². The molecule has 116 valence electrons. The molecule has 0 bridgehead atoms. The van der Waals surface area contributed by atoms with Gasteiger partial charge in [0.25, 0.3) is 0 Å². The number of hydrogen-bond donors (Lipinski definition) is 2. The van der Waals surface area contributed by atoms with Crippen molar-refractivity contribution < 1.29 is 9.90 Å². The van der Waals surface area contributed by atoms with Gasteiger partial charge in [0.2, 0.25) is 0 Å². The standard InChI is InChI=1S/C16H20N4O2/c1-11(8-17)6-12-7-16(12,15(21)22)13-9-20(10-19-13)14-4-2-3-5-18-14/h2-5,9-12H,6-8,17H2,1H3,(H,21,22)/t11?,12-,16?/m1/s1. The molecule has 0 saturated heterocycles. The topological polar surface area (TPSA) is 94.0 Å². The third kappa shape index (κ3) is 2.39. The number of pyridine rings is 1. The number of nitrogens with two attached hydrogens (primary N) is 1. The summed E-state index contributed by atoms with van der Waals surface area (Å²) in [7, 11) is 0. The van der Waals surface area contributed by atoms with Gasteiger partial charge in [0.05, 0.1) is 5.69 Å². The highest BCUT2D eigenvalue weighted by Crippen LogP contribution is 2.56. The van der Waals surface area contributed by atoms with Crippen LogP contribution in [0, 0.1) is 11.8 Å². The number of carbonyl (C=O) groups is 1. The van der Waals surface area contributed by atoms with Crippen molar-refractivity contribution in [2.75, 3.05) is 6.54 Å². The lowest BCUT2D eigenvalue weighted by atomic mass is 9.94. The molecular weight excluding hydrogens is 280 g/mol. The van der Waals surface area contributed by atoms with E-state index in [0.717, 1.165) is 12.2 Å². The first-order chi connectivity index (χ1) is 10.6. The molecule has 0 radical (unpaired) electrons. The summed E-state index contributed by atoms with van der Waals surface area (Å²) in [5.74, 6) is 0.363. The fourth-order valence-electron chi connectivity index (χ4n) is 3.07. The predicted octanol–water partition coefficient (Wildman–Crippen LogP) is 1.59. The van der Waals surface area contributed by atoms with Gasteiger partial charge < -0.3 is 10.8 Å². The van der Waals surface area contributed by atoms with Crippen LogP contribution in [-0.2, 0) is 10.2 Å². The van der Waals surface area contributed by atoms with E-state index in [1.807, 2.05) is 18.2 Å². The van der Waals surface area contributed by atoms with Crippen LogP contribution in [0.4, 0.5) is 0 Å². The van der Waals surface area contributed by atoms with Crippen molar-refractivity contribution in [2.45, 2.75) is 25.2 Å². The Hall–Kier alpha value is -2.21. The highest BCUT2D eigenvalue weighted by atomic mass is 16.4. The van der Waals surface area contributed by atoms with E-state index in [1.54, 1.807) is 23.3 Å². The Balaban J connectivity index is 1.86. The highest BCUT2D eigenvalue weighted by molar-refractivity contribution is 5.85. The van der Waals surface area contributed by atoms with Gasteiger partial charge in [0.15, 0.2) is 0 Å². The lowest BCUT2D eigenvalue weighted by Gasteiger charge is -2.12. The monoisotopic (exact) mass is 300 g/mol. The van der Waals surface area contributed by atoms with E-state index < -0.39 is 11.4 Å². The van der Waals surface area contributed by atoms with Crippen LogP contribution in [0.15, 0.2) is 36.9 Å². The number of carboxylic acid groups (broad SMARTS) is 1. The summed E-state index contributed by atoms with van der Waals surface area (Å²) >= 11 is 0. The van der Waals surface area contributed by atoms with Gasteiger partial charge in [-0.05, 0) is 43.4 Å². The molecule has 1 aliphatic carbocycles. The molecule has 1 fully saturated rings. The molecule has 3 N–H and O–H groups in total. The number of imidazole rings is 1. The molecule has 0 aromatic carbocycles. The number of aromatic nitrogens is 3. The average molecular weight is 300 g/mol. The SMILES string of the molecule is CC(CN)C[C@@H]1CC1(C(=O)O)c1cn(-c2ccccn2)cn1. The quantitative estimate of drug-likeness (QED) is 0.845. The summed E-state index contributed by atoms with van der Waals surface area (Å²) in [4.78, 5) is 20.4. The van der Waals surface area contributed by atoms with E-state index in [-0.39, 0.29) is 5.92 Å². The third-order valence-corrected chi connectivity index (χ3v) is 4.53. The first-order valence-electron chi connectivity index (χ1n) is 7.47. The molecule has 0 spiro atoms. The van der Waals surface area contributed by atoms with Crippen molar-refractivity contribution in [3.8, 4) is 5.82 Å². The minimum Gasteiger partial charge on any atom is -0.481 e. The zero-order valence-electron chi connectivity index (χ0n) is 12.5. The highest BCUT2D eigenvalue weighted by Gasteiger charge is 2.62. The maximum atomic E-state index is 11.8. The Bertz CT molecular complexity index is 670. The van der Waals surface area contributed by atoms with Crippen molar-refractivity contribution in [3.63, 3.8) is 0 Å². The zero-order chi connectivity index (χ0) is 15.7. The van der Waals surface area contributed by atoms with Gasteiger partial charge >= 0.3 is 5.97 Å². The molecule has 3 rings (SSSR count). The van der Waals surface area contributed by atoms with Crippen LogP contribution in [0.3, 0.4) is 0 Å². The minimum absolute atomic E-state index is 0.107. The van der Waals surface area contributed by atoms with Gasteiger partial charge in [-0.3, -0.25) is 9.36 Å². The largest absolute Gasteiger partial charge is 0.481 e. The molecule has 1 saturated carbocycles. The predicted molar refractivity (Wildman–Crippen MR) is 81.6 cm³/mol. The number of nitrogens with zero attached hydrogens (tertiary/aromatic N) is 3. The fraction of sp³-hybridized carbons (Fsp3) is 0.438. The van der Waals surface area contributed by atoms with Crippen LogP contribution < -0.4 is 5.73 Å². The summed E-state index contributed by atoms with van der Waals surface area (Å²) in [5, 5.41) is 9.70. The average Bonchev–Trinajstić information content (AvgIpc) is 3.04.